The molecule has 0 aromatic heterocycles. The summed E-state index contributed by atoms with van der Waals surface area (Å²) >= 11 is 3.43. The van der Waals surface area contributed by atoms with Gasteiger partial charge in [0.05, 0.1) is 0 Å². The summed E-state index contributed by atoms with van der Waals surface area (Å²) in [4.78, 5) is 0. The molecule has 0 bridgehead atoms. The first-order chi connectivity index (χ1) is 4.43. The second-order valence-electron chi connectivity index (χ2n) is 1.81. The van der Waals surface area contributed by atoms with Crippen LogP contribution < -0.4 is 0 Å². The first kappa shape index (κ1) is 7.49. The zero-order chi connectivity index (χ0) is 6.53. The summed E-state index contributed by atoms with van der Waals surface area (Å²) in [5.41, 5.74) is 1.48. The van der Waals surface area contributed by atoms with Gasteiger partial charge in [-0.25, -0.2) is 0 Å². The Morgan fingerprint density at radius 3 is 3.11 bits per heavy atom. The quantitative estimate of drug-likeness (QED) is 0.751. The minimum atomic E-state index is 1.25. The fraction of sp³-hybridized carbons (Fsp3) is 0.286. The molecule has 1 rings (SSSR count). The van der Waals surface area contributed by atoms with Crippen LogP contribution in [-0.2, 0) is 19.4 Å². The molecule has 0 spiro atoms. The predicted octanol–water partition coefficient (Wildman–Crippen LogP) is 1.91. The van der Waals surface area contributed by atoms with E-state index in [0.29, 0.717) is 0 Å². The predicted molar refractivity (Wildman–Crippen MR) is 40.4 cm³/mol. The molecule has 0 N–H and O–H groups in total. The Morgan fingerprint density at radius 2 is 2.56 bits per heavy atom. The maximum absolute atomic E-state index is 2.25. The van der Waals surface area contributed by atoms with E-state index in [1.807, 2.05) is 11.8 Å². The van der Waals surface area contributed by atoms with Crippen molar-refractivity contribution < 1.29 is 19.4 Å². The van der Waals surface area contributed by atoms with Crippen LogP contribution in [0.1, 0.15) is 6.42 Å². The van der Waals surface area contributed by atoms with Gasteiger partial charge in [-0.05, 0) is 0 Å². The molecule has 0 aromatic carbocycles. The van der Waals surface area contributed by atoms with Crippen molar-refractivity contribution in [3.8, 4) is 0 Å². The number of hydrogen-bond donors (Lipinski definition) is 0. The fourth-order valence-corrected chi connectivity index (χ4v) is 1.85. The standard InChI is InChI=1S/C7H8S.W/c1-2-3-7-4-5-8-6-7;/h1-3,6H,4-5H2;/b3-2-;. The van der Waals surface area contributed by atoms with Gasteiger partial charge in [0.1, 0.15) is 0 Å². The molecule has 48 valence electrons. The molecule has 0 saturated carbocycles. The van der Waals surface area contributed by atoms with Crippen molar-refractivity contribution >= 4 is 16.2 Å². The number of thioether (sulfide) groups is 1. The monoisotopic (exact) mass is 308 g/mol. The van der Waals surface area contributed by atoms with Crippen molar-refractivity contribution in [1.82, 2.24) is 0 Å². The molecular formula is C7H8SW. The fourth-order valence-electron chi connectivity index (χ4n) is 0.687. The molecule has 2 heteroatoms. The molecule has 0 nitrogen and oxygen atoms in total. The summed E-state index contributed by atoms with van der Waals surface area (Å²) in [5, 5.41) is 2.25. The van der Waals surface area contributed by atoms with Gasteiger partial charge in [-0.1, -0.05) is 0 Å². The van der Waals surface area contributed by atoms with Crippen molar-refractivity contribution in [2.24, 2.45) is 0 Å². The van der Waals surface area contributed by atoms with Crippen molar-refractivity contribution in [2.45, 2.75) is 6.42 Å². The third-order valence-electron chi connectivity index (χ3n) is 1.13. The number of rotatable bonds is 2. The molecule has 0 saturated heterocycles. The van der Waals surface area contributed by atoms with Crippen LogP contribution in [0.2, 0.25) is 0 Å². The Morgan fingerprint density at radius 1 is 1.67 bits per heavy atom. The Labute approximate surface area is 70.8 Å². The second-order valence-corrected chi connectivity index (χ2v) is 3.76. The molecular weight excluding hydrogens is 300 g/mol. The van der Waals surface area contributed by atoms with Gasteiger partial charge in [0.25, 0.3) is 0 Å². The van der Waals surface area contributed by atoms with E-state index in [0.717, 1.165) is 0 Å². The van der Waals surface area contributed by atoms with Crippen LogP contribution in [0.15, 0.2) is 23.1 Å². The van der Waals surface area contributed by atoms with Crippen LogP contribution in [0.25, 0.3) is 0 Å². The van der Waals surface area contributed by atoms with Crippen LogP contribution >= 0.6 is 11.8 Å². The third kappa shape index (κ3) is 2.64. The first-order valence-electron chi connectivity index (χ1n) is 2.86. The van der Waals surface area contributed by atoms with Crippen molar-refractivity contribution in [3.63, 3.8) is 0 Å². The maximum atomic E-state index is 2.25. The summed E-state index contributed by atoms with van der Waals surface area (Å²) in [7, 11) is 0. The average molecular weight is 308 g/mol. The molecule has 0 fully saturated rings. The Kier molecular flexibility index (Phi) is 3.53. The normalized spacial score (nSPS) is 18.4. The van der Waals surface area contributed by atoms with E-state index in [2.05, 4.69) is 22.0 Å². The van der Waals surface area contributed by atoms with E-state index in [4.69, 9.17) is 0 Å². The number of hydrogen-bond acceptors (Lipinski definition) is 1. The summed E-state index contributed by atoms with van der Waals surface area (Å²) in [6.07, 6.45) is 5.59. The third-order valence-corrected chi connectivity index (χ3v) is 2.61. The van der Waals surface area contributed by atoms with Crippen LogP contribution in [-0.4, -0.2) is 10.2 Å². The van der Waals surface area contributed by atoms with Gasteiger partial charge < -0.3 is 0 Å². The van der Waals surface area contributed by atoms with Gasteiger partial charge in [-0.2, -0.15) is 0 Å². The molecule has 9 heavy (non-hydrogen) atoms. The van der Waals surface area contributed by atoms with E-state index >= 15 is 0 Å². The number of allylic oxidation sites excluding steroid dienone is 3. The van der Waals surface area contributed by atoms with E-state index in [1.54, 1.807) is 0 Å². The van der Waals surface area contributed by atoms with E-state index in [1.165, 1.54) is 37.1 Å². The summed E-state index contributed by atoms with van der Waals surface area (Å²) in [5.74, 6) is 1.27. The molecule has 0 amide bonds. The van der Waals surface area contributed by atoms with Gasteiger partial charge in [0.2, 0.25) is 0 Å². The minimum absolute atomic E-state index is 1.25. The SMILES string of the molecule is [W]=[CH]/C=C\C1=CSCC1. The molecule has 0 radical (unpaired) electrons. The van der Waals surface area contributed by atoms with Crippen molar-refractivity contribution in [3.05, 3.63) is 23.1 Å². The topological polar surface area (TPSA) is 0 Å². The van der Waals surface area contributed by atoms with Crippen LogP contribution in [0, 0.1) is 0 Å². The van der Waals surface area contributed by atoms with Crippen molar-refractivity contribution in [2.75, 3.05) is 5.75 Å². The van der Waals surface area contributed by atoms with Gasteiger partial charge in [-0.15, -0.1) is 0 Å². The summed E-state index contributed by atoms with van der Waals surface area (Å²) < 4.78 is 2.14. The molecule has 0 aliphatic carbocycles. The van der Waals surface area contributed by atoms with Gasteiger partial charge in [0.15, 0.2) is 0 Å². The Balaban J connectivity index is 2.42. The van der Waals surface area contributed by atoms with Gasteiger partial charge in [-0.3, -0.25) is 0 Å². The van der Waals surface area contributed by atoms with Crippen LogP contribution in [0.5, 0.6) is 0 Å². The van der Waals surface area contributed by atoms with E-state index in [-0.39, 0.29) is 0 Å². The van der Waals surface area contributed by atoms with Crippen molar-refractivity contribution in [1.29, 1.82) is 0 Å². The molecule has 0 unspecified atom stereocenters. The van der Waals surface area contributed by atoms with Crippen LogP contribution in [0.3, 0.4) is 0 Å². The second kappa shape index (κ2) is 4.24. The zero-order valence-corrected chi connectivity index (χ0v) is 8.79. The molecule has 1 aliphatic heterocycles. The average Bonchev–Trinajstić information content (AvgIpc) is 2.34. The molecule has 1 aliphatic rings. The van der Waals surface area contributed by atoms with E-state index in [9.17, 15) is 0 Å². The Bertz CT molecular complexity index is 158. The summed E-state index contributed by atoms with van der Waals surface area (Å²) in [6, 6.07) is 0. The Hall–Kier alpha value is 0.388. The first-order valence-corrected chi connectivity index (χ1v) is 5.60. The molecule has 1 heterocycles. The zero-order valence-electron chi connectivity index (χ0n) is 5.04. The van der Waals surface area contributed by atoms with Gasteiger partial charge in [0, 0.05) is 0 Å². The van der Waals surface area contributed by atoms with Gasteiger partial charge >= 0.3 is 70.8 Å². The summed E-state index contributed by atoms with van der Waals surface area (Å²) in [6.45, 7) is 0. The molecule has 0 aromatic rings. The molecule has 0 atom stereocenters. The van der Waals surface area contributed by atoms with Crippen LogP contribution in [0.4, 0.5) is 0 Å². The van der Waals surface area contributed by atoms with E-state index < -0.39 is 0 Å².